The molecule has 1 aromatic rings. The Labute approximate surface area is 71.6 Å². The molecule has 1 aromatic heterocycles. The van der Waals surface area contributed by atoms with Crippen molar-refractivity contribution < 1.29 is 4.79 Å². The third-order valence-corrected chi connectivity index (χ3v) is 1.58. The maximum atomic E-state index is 10.6. The van der Waals surface area contributed by atoms with E-state index in [9.17, 15) is 4.79 Å². The van der Waals surface area contributed by atoms with E-state index in [0.29, 0.717) is 13.1 Å². The molecule has 0 unspecified atom stereocenters. The monoisotopic (exact) mass is 167 g/mol. The number of carbonyl (C=O) groups excluding carboxylic acids is 1. The smallest absolute Gasteiger partial charge is 0.143 e. The van der Waals surface area contributed by atoms with Gasteiger partial charge in [0.2, 0.25) is 0 Å². The summed E-state index contributed by atoms with van der Waals surface area (Å²) in [7, 11) is 1.93. The fraction of sp³-hybridized carbons (Fsp3) is 0.500. The maximum Gasteiger partial charge on any atom is 0.143 e. The molecule has 0 spiro atoms. The highest BCUT2D eigenvalue weighted by Crippen LogP contribution is 1.91. The lowest BCUT2D eigenvalue weighted by Gasteiger charge is -2.01. The number of nitrogens with zero attached hydrogens (tertiary/aromatic N) is 2. The zero-order valence-corrected chi connectivity index (χ0v) is 7.37. The van der Waals surface area contributed by atoms with Gasteiger partial charge in [0.05, 0.1) is 13.1 Å². The van der Waals surface area contributed by atoms with Crippen molar-refractivity contribution in [2.75, 3.05) is 6.54 Å². The van der Waals surface area contributed by atoms with Crippen molar-refractivity contribution in [3.05, 3.63) is 18.2 Å². The summed E-state index contributed by atoms with van der Waals surface area (Å²) in [4.78, 5) is 14.7. The van der Waals surface area contributed by atoms with Crippen molar-refractivity contribution in [2.24, 2.45) is 7.05 Å². The quantitative estimate of drug-likeness (QED) is 0.691. The van der Waals surface area contributed by atoms with Crippen LogP contribution < -0.4 is 5.32 Å². The van der Waals surface area contributed by atoms with E-state index < -0.39 is 0 Å². The summed E-state index contributed by atoms with van der Waals surface area (Å²) in [5.74, 6) is 1.08. The minimum atomic E-state index is 0.143. The molecule has 4 nitrogen and oxygen atoms in total. The Balaban J connectivity index is 2.33. The second-order valence-corrected chi connectivity index (χ2v) is 2.76. The van der Waals surface area contributed by atoms with Gasteiger partial charge in [0, 0.05) is 19.4 Å². The average molecular weight is 167 g/mol. The third-order valence-electron chi connectivity index (χ3n) is 1.58. The first-order chi connectivity index (χ1) is 5.70. The molecule has 0 amide bonds. The van der Waals surface area contributed by atoms with Gasteiger partial charge in [-0.05, 0) is 6.92 Å². The molecule has 0 aromatic carbocycles. The fourth-order valence-electron chi connectivity index (χ4n) is 0.917. The van der Waals surface area contributed by atoms with E-state index in [1.807, 2.05) is 17.8 Å². The molecule has 0 aliphatic rings. The first kappa shape index (κ1) is 8.93. The Kier molecular flexibility index (Phi) is 2.99. The molecule has 0 aliphatic heterocycles. The molecule has 0 saturated carbocycles. The van der Waals surface area contributed by atoms with Crippen LogP contribution in [0.15, 0.2) is 12.4 Å². The first-order valence-corrected chi connectivity index (χ1v) is 3.86. The van der Waals surface area contributed by atoms with Crippen molar-refractivity contribution in [3.63, 3.8) is 0 Å². The predicted octanol–water partition coefficient (Wildman–Crippen LogP) is 0.0987. The molecule has 66 valence electrons. The number of imidazole rings is 1. The van der Waals surface area contributed by atoms with Crippen LogP contribution in [0.5, 0.6) is 0 Å². The van der Waals surface area contributed by atoms with Gasteiger partial charge in [-0.15, -0.1) is 0 Å². The molecule has 4 heteroatoms. The summed E-state index contributed by atoms with van der Waals surface area (Å²) >= 11 is 0. The average Bonchev–Trinajstić information content (AvgIpc) is 2.36. The lowest BCUT2D eigenvalue weighted by molar-refractivity contribution is -0.116. The van der Waals surface area contributed by atoms with Crippen LogP contribution in [-0.4, -0.2) is 21.9 Å². The number of nitrogens with one attached hydrogen (secondary N) is 1. The predicted molar refractivity (Wildman–Crippen MR) is 45.6 cm³/mol. The zero-order valence-electron chi connectivity index (χ0n) is 7.37. The van der Waals surface area contributed by atoms with E-state index in [1.54, 1.807) is 13.1 Å². The Morgan fingerprint density at radius 3 is 3.00 bits per heavy atom. The molecule has 0 saturated heterocycles. The van der Waals surface area contributed by atoms with Gasteiger partial charge in [0.1, 0.15) is 11.6 Å². The molecule has 0 fully saturated rings. The number of aromatic nitrogens is 2. The summed E-state index contributed by atoms with van der Waals surface area (Å²) in [6, 6.07) is 0. The molecule has 0 bridgehead atoms. The standard InChI is InChI=1S/C8H13N3O/c1-7(12)5-9-6-8-10-3-4-11(8)2/h3-4,9H,5-6H2,1-2H3. The van der Waals surface area contributed by atoms with Gasteiger partial charge in [-0.3, -0.25) is 4.79 Å². The number of carbonyl (C=O) groups is 1. The van der Waals surface area contributed by atoms with Crippen LogP contribution in [0, 0.1) is 0 Å². The molecule has 0 aliphatic carbocycles. The normalized spacial score (nSPS) is 10.2. The molecular formula is C8H13N3O. The van der Waals surface area contributed by atoms with E-state index >= 15 is 0 Å². The number of hydrogen-bond acceptors (Lipinski definition) is 3. The van der Waals surface area contributed by atoms with Crippen LogP contribution in [0.2, 0.25) is 0 Å². The SMILES string of the molecule is CC(=O)CNCc1nccn1C. The van der Waals surface area contributed by atoms with Crippen molar-refractivity contribution >= 4 is 5.78 Å². The number of aryl methyl sites for hydroxylation is 1. The maximum absolute atomic E-state index is 10.6. The molecule has 0 atom stereocenters. The minimum Gasteiger partial charge on any atom is -0.337 e. The Bertz CT molecular complexity index is 267. The van der Waals surface area contributed by atoms with Gasteiger partial charge < -0.3 is 9.88 Å². The van der Waals surface area contributed by atoms with Gasteiger partial charge in [0.15, 0.2) is 0 Å². The van der Waals surface area contributed by atoms with Gasteiger partial charge in [-0.25, -0.2) is 4.98 Å². The van der Waals surface area contributed by atoms with Gasteiger partial charge in [0.25, 0.3) is 0 Å². The lowest BCUT2D eigenvalue weighted by atomic mass is 10.4. The summed E-state index contributed by atoms with van der Waals surface area (Å²) in [5, 5.41) is 3.00. The van der Waals surface area contributed by atoms with Crippen LogP contribution in [-0.2, 0) is 18.4 Å². The van der Waals surface area contributed by atoms with Crippen molar-refractivity contribution in [2.45, 2.75) is 13.5 Å². The van der Waals surface area contributed by atoms with Crippen LogP contribution in [0.25, 0.3) is 0 Å². The van der Waals surface area contributed by atoms with E-state index in [4.69, 9.17) is 0 Å². The van der Waals surface area contributed by atoms with E-state index in [-0.39, 0.29) is 5.78 Å². The molecule has 12 heavy (non-hydrogen) atoms. The van der Waals surface area contributed by atoms with Crippen LogP contribution in [0.1, 0.15) is 12.7 Å². The summed E-state index contributed by atoms with van der Waals surface area (Å²) in [6.45, 7) is 2.61. The highest BCUT2D eigenvalue weighted by atomic mass is 16.1. The highest BCUT2D eigenvalue weighted by molar-refractivity contribution is 5.77. The number of rotatable bonds is 4. The Hall–Kier alpha value is -1.16. The highest BCUT2D eigenvalue weighted by Gasteiger charge is 1.98. The third kappa shape index (κ3) is 2.47. The van der Waals surface area contributed by atoms with Crippen LogP contribution in [0.4, 0.5) is 0 Å². The molecule has 1 rings (SSSR count). The second-order valence-electron chi connectivity index (χ2n) is 2.76. The number of hydrogen-bond donors (Lipinski definition) is 1. The molecule has 1 heterocycles. The fourth-order valence-corrected chi connectivity index (χ4v) is 0.917. The van der Waals surface area contributed by atoms with Crippen LogP contribution in [0.3, 0.4) is 0 Å². The van der Waals surface area contributed by atoms with Crippen molar-refractivity contribution in [1.82, 2.24) is 14.9 Å². The number of ketones is 1. The summed E-state index contributed by atoms with van der Waals surface area (Å²) < 4.78 is 1.92. The summed E-state index contributed by atoms with van der Waals surface area (Å²) in [6.07, 6.45) is 3.62. The van der Waals surface area contributed by atoms with Gasteiger partial charge in [-0.2, -0.15) is 0 Å². The van der Waals surface area contributed by atoms with Gasteiger partial charge in [-0.1, -0.05) is 0 Å². The van der Waals surface area contributed by atoms with E-state index in [0.717, 1.165) is 5.82 Å². The number of Topliss-reactive ketones (excluding diaryl/α,β-unsaturated/α-hetero) is 1. The van der Waals surface area contributed by atoms with E-state index in [1.165, 1.54) is 0 Å². The first-order valence-electron chi connectivity index (χ1n) is 3.86. The molecule has 1 N–H and O–H groups in total. The topological polar surface area (TPSA) is 46.9 Å². The van der Waals surface area contributed by atoms with Crippen LogP contribution >= 0.6 is 0 Å². The van der Waals surface area contributed by atoms with Gasteiger partial charge >= 0.3 is 0 Å². The molecule has 0 radical (unpaired) electrons. The zero-order chi connectivity index (χ0) is 8.97. The Morgan fingerprint density at radius 1 is 1.75 bits per heavy atom. The van der Waals surface area contributed by atoms with E-state index in [2.05, 4.69) is 10.3 Å². The van der Waals surface area contributed by atoms with Crippen molar-refractivity contribution in [1.29, 1.82) is 0 Å². The lowest BCUT2D eigenvalue weighted by Crippen LogP contribution is -2.21. The minimum absolute atomic E-state index is 0.143. The molecular weight excluding hydrogens is 154 g/mol. The largest absolute Gasteiger partial charge is 0.337 e. The summed E-state index contributed by atoms with van der Waals surface area (Å²) in [5.41, 5.74) is 0. The Morgan fingerprint density at radius 2 is 2.50 bits per heavy atom. The van der Waals surface area contributed by atoms with Crippen molar-refractivity contribution in [3.8, 4) is 0 Å². The second kappa shape index (κ2) is 4.01.